The van der Waals surface area contributed by atoms with Crippen LogP contribution in [-0.2, 0) is 4.79 Å². The summed E-state index contributed by atoms with van der Waals surface area (Å²) in [5, 5.41) is 2.02. The predicted molar refractivity (Wildman–Crippen MR) is 99.2 cm³/mol. The monoisotopic (exact) mass is 341 g/mol. The summed E-state index contributed by atoms with van der Waals surface area (Å²) in [6.45, 7) is 2.45. The van der Waals surface area contributed by atoms with Gasteiger partial charge in [-0.1, -0.05) is 24.3 Å². The maximum Gasteiger partial charge on any atom is 0.246 e. The molecule has 24 heavy (non-hydrogen) atoms. The summed E-state index contributed by atoms with van der Waals surface area (Å²) in [5.74, 6) is 1.71. The van der Waals surface area contributed by atoms with Crippen LogP contribution in [0.1, 0.15) is 24.1 Å². The number of amides is 1. The van der Waals surface area contributed by atoms with Crippen molar-refractivity contribution in [3.8, 4) is 5.75 Å². The number of thiophene rings is 1. The van der Waals surface area contributed by atoms with Crippen molar-refractivity contribution >= 4 is 23.3 Å². The van der Waals surface area contributed by atoms with Crippen LogP contribution >= 0.6 is 11.3 Å². The van der Waals surface area contributed by atoms with E-state index in [9.17, 15) is 4.79 Å². The topological polar surface area (TPSA) is 29.5 Å². The van der Waals surface area contributed by atoms with Crippen LogP contribution in [0.2, 0.25) is 0 Å². The SMILES string of the molecule is O=C(/C=C/c1cccs1)N1CCC(CCOc2ccccc2)CC1. The Morgan fingerprint density at radius 3 is 2.67 bits per heavy atom. The standard InChI is InChI=1S/C20H23NO2S/c22-20(9-8-19-7-4-16-24-19)21-13-10-17(11-14-21)12-15-23-18-5-2-1-3-6-18/h1-9,16-17H,10-15H2/b9-8+. The molecule has 0 unspecified atom stereocenters. The number of hydrogen-bond donors (Lipinski definition) is 0. The van der Waals surface area contributed by atoms with Crippen LogP contribution in [0.25, 0.3) is 6.08 Å². The summed E-state index contributed by atoms with van der Waals surface area (Å²) in [6.07, 6.45) is 6.80. The number of ether oxygens (including phenoxy) is 1. The van der Waals surface area contributed by atoms with Crippen molar-refractivity contribution in [3.63, 3.8) is 0 Å². The Labute approximate surface area is 147 Å². The molecule has 3 rings (SSSR count). The highest BCUT2D eigenvalue weighted by molar-refractivity contribution is 7.10. The molecule has 3 nitrogen and oxygen atoms in total. The Bertz CT molecular complexity index is 644. The second kappa shape index (κ2) is 8.69. The molecule has 0 N–H and O–H groups in total. The average Bonchev–Trinajstić information content (AvgIpc) is 3.15. The molecule has 0 atom stereocenters. The second-order valence-corrected chi connectivity index (χ2v) is 7.05. The number of piperidine rings is 1. The van der Waals surface area contributed by atoms with Gasteiger partial charge < -0.3 is 9.64 Å². The van der Waals surface area contributed by atoms with E-state index in [1.165, 1.54) is 0 Å². The average molecular weight is 341 g/mol. The lowest BCUT2D eigenvalue weighted by Gasteiger charge is -2.31. The van der Waals surface area contributed by atoms with Crippen molar-refractivity contribution in [2.75, 3.05) is 19.7 Å². The van der Waals surface area contributed by atoms with Crippen molar-refractivity contribution in [1.82, 2.24) is 4.90 Å². The molecule has 0 spiro atoms. The van der Waals surface area contributed by atoms with E-state index >= 15 is 0 Å². The molecular weight excluding hydrogens is 318 g/mol. The van der Waals surface area contributed by atoms with Crippen LogP contribution < -0.4 is 4.74 Å². The number of likely N-dealkylation sites (tertiary alicyclic amines) is 1. The number of benzene rings is 1. The van der Waals surface area contributed by atoms with E-state index in [-0.39, 0.29) is 5.91 Å². The zero-order valence-electron chi connectivity index (χ0n) is 13.8. The molecule has 1 aromatic heterocycles. The molecular formula is C20H23NO2S. The van der Waals surface area contributed by atoms with Gasteiger partial charge in [0.25, 0.3) is 0 Å². The number of rotatable bonds is 6. The first kappa shape index (κ1) is 16.8. The summed E-state index contributed by atoms with van der Waals surface area (Å²) in [7, 11) is 0. The molecule has 126 valence electrons. The van der Waals surface area contributed by atoms with Crippen molar-refractivity contribution < 1.29 is 9.53 Å². The molecule has 1 saturated heterocycles. The highest BCUT2D eigenvalue weighted by Gasteiger charge is 2.21. The molecule has 2 aromatic rings. The molecule has 1 aliphatic heterocycles. The lowest BCUT2D eigenvalue weighted by atomic mass is 9.94. The van der Waals surface area contributed by atoms with Gasteiger partial charge in [-0.3, -0.25) is 4.79 Å². The van der Waals surface area contributed by atoms with Crippen LogP contribution in [0.4, 0.5) is 0 Å². The molecule has 1 aromatic carbocycles. The molecule has 2 heterocycles. The van der Waals surface area contributed by atoms with Crippen LogP contribution in [-0.4, -0.2) is 30.5 Å². The van der Waals surface area contributed by atoms with Crippen LogP contribution in [0.15, 0.2) is 53.9 Å². The number of carbonyl (C=O) groups is 1. The van der Waals surface area contributed by atoms with Crippen LogP contribution in [0, 0.1) is 5.92 Å². The minimum absolute atomic E-state index is 0.127. The fourth-order valence-electron chi connectivity index (χ4n) is 2.95. The van der Waals surface area contributed by atoms with Gasteiger partial charge in [0.05, 0.1) is 6.61 Å². The molecule has 1 amide bonds. The van der Waals surface area contributed by atoms with E-state index in [0.717, 1.165) is 49.6 Å². The quantitative estimate of drug-likeness (QED) is 0.726. The van der Waals surface area contributed by atoms with Gasteiger partial charge in [0.2, 0.25) is 5.91 Å². The molecule has 1 aliphatic rings. The second-order valence-electron chi connectivity index (χ2n) is 6.07. The molecule has 0 aliphatic carbocycles. The van der Waals surface area contributed by atoms with Gasteiger partial charge in [0, 0.05) is 24.0 Å². The third-order valence-electron chi connectivity index (χ3n) is 4.40. The third kappa shape index (κ3) is 4.96. The first-order chi connectivity index (χ1) is 11.8. The zero-order valence-corrected chi connectivity index (χ0v) is 14.6. The summed E-state index contributed by atoms with van der Waals surface area (Å²) in [4.78, 5) is 15.3. The van der Waals surface area contributed by atoms with E-state index in [2.05, 4.69) is 0 Å². The van der Waals surface area contributed by atoms with Gasteiger partial charge in [0.1, 0.15) is 5.75 Å². The highest BCUT2D eigenvalue weighted by atomic mass is 32.1. The van der Waals surface area contributed by atoms with E-state index in [1.807, 2.05) is 58.8 Å². The lowest BCUT2D eigenvalue weighted by molar-refractivity contribution is -0.127. The first-order valence-corrected chi connectivity index (χ1v) is 9.37. The normalized spacial score (nSPS) is 15.8. The number of hydrogen-bond acceptors (Lipinski definition) is 3. The van der Waals surface area contributed by atoms with Crippen molar-refractivity contribution in [3.05, 3.63) is 58.8 Å². The smallest absolute Gasteiger partial charge is 0.246 e. The predicted octanol–water partition coefficient (Wildman–Crippen LogP) is 4.47. The van der Waals surface area contributed by atoms with E-state index < -0.39 is 0 Å². The Balaban J connectivity index is 1.37. The Hall–Kier alpha value is -2.07. The van der Waals surface area contributed by atoms with Crippen LogP contribution in [0.5, 0.6) is 5.75 Å². The van der Waals surface area contributed by atoms with Gasteiger partial charge in [-0.2, -0.15) is 0 Å². The molecule has 0 radical (unpaired) electrons. The number of carbonyl (C=O) groups excluding carboxylic acids is 1. The van der Waals surface area contributed by atoms with Crippen molar-refractivity contribution in [2.45, 2.75) is 19.3 Å². The molecule has 0 saturated carbocycles. The molecule has 4 heteroatoms. The largest absolute Gasteiger partial charge is 0.494 e. The first-order valence-electron chi connectivity index (χ1n) is 8.49. The Morgan fingerprint density at radius 1 is 1.17 bits per heavy atom. The molecule has 0 bridgehead atoms. The summed E-state index contributed by atoms with van der Waals surface area (Å²) >= 11 is 1.65. The highest BCUT2D eigenvalue weighted by Crippen LogP contribution is 2.21. The van der Waals surface area contributed by atoms with Crippen LogP contribution in [0.3, 0.4) is 0 Å². The Morgan fingerprint density at radius 2 is 1.96 bits per heavy atom. The van der Waals surface area contributed by atoms with Gasteiger partial charge in [-0.25, -0.2) is 0 Å². The summed E-state index contributed by atoms with van der Waals surface area (Å²) in [6, 6.07) is 14.0. The fourth-order valence-corrected chi connectivity index (χ4v) is 3.57. The number of para-hydroxylation sites is 1. The van der Waals surface area contributed by atoms with E-state index in [4.69, 9.17) is 4.74 Å². The summed E-state index contributed by atoms with van der Waals surface area (Å²) in [5.41, 5.74) is 0. The lowest BCUT2D eigenvalue weighted by Crippen LogP contribution is -2.37. The number of nitrogens with zero attached hydrogens (tertiary/aromatic N) is 1. The minimum Gasteiger partial charge on any atom is -0.494 e. The minimum atomic E-state index is 0.127. The third-order valence-corrected chi connectivity index (χ3v) is 5.24. The Kier molecular flexibility index (Phi) is 6.07. The summed E-state index contributed by atoms with van der Waals surface area (Å²) < 4.78 is 5.77. The van der Waals surface area contributed by atoms with Crippen molar-refractivity contribution in [1.29, 1.82) is 0 Å². The van der Waals surface area contributed by atoms with E-state index in [1.54, 1.807) is 17.4 Å². The maximum absolute atomic E-state index is 12.2. The fraction of sp³-hybridized carbons (Fsp3) is 0.350. The zero-order chi connectivity index (χ0) is 16.6. The molecule has 1 fully saturated rings. The van der Waals surface area contributed by atoms with Gasteiger partial charge in [-0.15, -0.1) is 11.3 Å². The van der Waals surface area contributed by atoms with Gasteiger partial charge >= 0.3 is 0 Å². The van der Waals surface area contributed by atoms with Gasteiger partial charge in [0.15, 0.2) is 0 Å². The van der Waals surface area contributed by atoms with Gasteiger partial charge in [-0.05, 0) is 54.8 Å². The van der Waals surface area contributed by atoms with Crippen molar-refractivity contribution in [2.24, 2.45) is 5.92 Å². The van der Waals surface area contributed by atoms with E-state index in [0.29, 0.717) is 5.92 Å². The maximum atomic E-state index is 12.2.